The molecule has 0 bridgehead atoms. The molecule has 56 valence electrons. The Morgan fingerprint density at radius 1 is 1.70 bits per heavy atom. The number of allylic oxidation sites excluding steroid dienone is 1. The first-order chi connectivity index (χ1) is 4.75. The molecule has 1 atom stereocenters. The van der Waals surface area contributed by atoms with Crippen molar-refractivity contribution in [2.45, 2.75) is 25.8 Å². The fraction of sp³-hybridized carbons (Fsp3) is 0.625. The molecule has 2 heteroatoms. The molecule has 1 heterocycles. The van der Waals surface area contributed by atoms with Crippen LogP contribution in [-0.2, 0) is 4.79 Å². The quantitative estimate of drug-likeness (QED) is 0.499. The van der Waals surface area contributed by atoms with Crippen LogP contribution < -0.4 is 0 Å². The SMILES string of the molecule is C/C=C/C1CCC(=O)N1C. The second kappa shape index (κ2) is 2.86. The van der Waals surface area contributed by atoms with E-state index in [1.165, 1.54) is 0 Å². The molecule has 1 rings (SSSR count). The number of hydrogen-bond donors (Lipinski definition) is 0. The molecular formula is C8H13NO. The molecule has 0 spiro atoms. The predicted octanol–water partition coefficient (Wildman–Crippen LogP) is 1.18. The topological polar surface area (TPSA) is 20.3 Å². The summed E-state index contributed by atoms with van der Waals surface area (Å²) in [4.78, 5) is 12.8. The first kappa shape index (κ1) is 7.32. The van der Waals surface area contributed by atoms with Crippen molar-refractivity contribution in [3.05, 3.63) is 12.2 Å². The van der Waals surface area contributed by atoms with Crippen molar-refractivity contribution in [1.82, 2.24) is 4.90 Å². The number of carbonyl (C=O) groups excluding carboxylic acids is 1. The van der Waals surface area contributed by atoms with Crippen LogP contribution in [0.4, 0.5) is 0 Å². The second-order valence-corrected chi connectivity index (χ2v) is 2.64. The van der Waals surface area contributed by atoms with Gasteiger partial charge in [0, 0.05) is 13.5 Å². The highest BCUT2D eigenvalue weighted by atomic mass is 16.2. The monoisotopic (exact) mass is 139 g/mol. The van der Waals surface area contributed by atoms with Crippen LogP contribution in [0.15, 0.2) is 12.2 Å². The van der Waals surface area contributed by atoms with Gasteiger partial charge in [-0.25, -0.2) is 0 Å². The summed E-state index contributed by atoms with van der Waals surface area (Å²) >= 11 is 0. The summed E-state index contributed by atoms with van der Waals surface area (Å²) < 4.78 is 0. The number of amides is 1. The minimum Gasteiger partial charge on any atom is -0.339 e. The maximum absolute atomic E-state index is 11.0. The molecule has 1 unspecified atom stereocenters. The summed E-state index contributed by atoms with van der Waals surface area (Å²) in [5, 5.41) is 0. The van der Waals surface area contributed by atoms with E-state index in [1.54, 1.807) is 4.90 Å². The van der Waals surface area contributed by atoms with Crippen molar-refractivity contribution < 1.29 is 4.79 Å². The maximum atomic E-state index is 11.0. The third-order valence-corrected chi connectivity index (χ3v) is 1.96. The Morgan fingerprint density at radius 2 is 2.40 bits per heavy atom. The van der Waals surface area contributed by atoms with E-state index in [2.05, 4.69) is 6.08 Å². The Balaban J connectivity index is 2.57. The number of rotatable bonds is 1. The molecule has 1 fully saturated rings. The van der Waals surface area contributed by atoms with Crippen LogP contribution in [0.1, 0.15) is 19.8 Å². The van der Waals surface area contributed by atoms with Gasteiger partial charge in [0.05, 0.1) is 6.04 Å². The highest BCUT2D eigenvalue weighted by Gasteiger charge is 2.24. The van der Waals surface area contributed by atoms with E-state index in [4.69, 9.17) is 0 Å². The average Bonchev–Trinajstić information content (AvgIpc) is 2.20. The second-order valence-electron chi connectivity index (χ2n) is 2.64. The van der Waals surface area contributed by atoms with Gasteiger partial charge in [-0.1, -0.05) is 12.2 Å². The van der Waals surface area contributed by atoms with Gasteiger partial charge in [0.15, 0.2) is 0 Å². The lowest BCUT2D eigenvalue weighted by atomic mass is 10.2. The van der Waals surface area contributed by atoms with Crippen molar-refractivity contribution in [1.29, 1.82) is 0 Å². The number of likely N-dealkylation sites (tertiary alicyclic amines) is 1. The molecule has 0 aromatic heterocycles. The molecule has 1 aliphatic rings. The molecule has 0 aromatic carbocycles. The van der Waals surface area contributed by atoms with Gasteiger partial charge in [-0.3, -0.25) is 4.79 Å². The van der Waals surface area contributed by atoms with Crippen LogP contribution in [0.5, 0.6) is 0 Å². The van der Waals surface area contributed by atoms with Crippen LogP contribution in [0.25, 0.3) is 0 Å². The highest BCUT2D eigenvalue weighted by molar-refractivity contribution is 5.78. The summed E-state index contributed by atoms with van der Waals surface area (Å²) in [6.07, 6.45) is 5.77. The molecule has 1 amide bonds. The van der Waals surface area contributed by atoms with Gasteiger partial charge in [-0.2, -0.15) is 0 Å². The van der Waals surface area contributed by atoms with Gasteiger partial charge >= 0.3 is 0 Å². The zero-order valence-corrected chi connectivity index (χ0v) is 6.50. The predicted molar refractivity (Wildman–Crippen MR) is 40.6 cm³/mol. The van der Waals surface area contributed by atoms with E-state index in [-0.39, 0.29) is 5.91 Å². The van der Waals surface area contributed by atoms with E-state index < -0.39 is 0 Å². The van der Waals surface area contributed by atoms with E-state index in [0.717, 1.165) is 6.42 Å². The van der Waals surface area contributed by atoms with Gasteiger partial charge < -0.3 is 4.90 Å². The Morgan fingerprint density at radius 3 is 2.80 bits per heavy atom. The largest absolute Gasteiger partial charge is 0.339 e. The van der Waals surface area contributed by atoms with Crippen LogP contribution in [0.3, 0.4) is 0 Å². The van der Waals surface area contributed by atoms with E-state index in [0.29, 0.717) is 12.5 Å². The minimum absolute atomic E-state index is 0.267. The van der Waals surface area contributed by atoms with E-state index in [1.807, 2.05) is 20.0 Å². The number of carbonyl (C=O) groups is 1. The number of nitrogens with zero attached hydrogens (tertiary/aromatic N) is 1. The van der Waals surface area contributed by atoms with Crippen molar-refractivity contribution in [3.8, 4) is 0 Å². The summed E-state index contributed by atoms with van der Waals surface area (Å²) in [5.74, 6) is 0.267. The molecule has 0 N–H and O–H groups in total. The molecular weight excluding hydrogens is 126 g/mol. The third-order valence-electron chi connectivity index (χ3n) is 1.96. The smallest absolute Gasteiger partial charge is 0.222 e. The standard InChI is InChI=1S/C8H13NO/c1-3-4-7-5-6-8(10)9(7)2/h3-4,7H,5-6H2,1-2H3/b4-3+. The molecule has 0 aliphatic carbocycles. The first-order valence-corrected chi connectivity index (χ1v) is 3.64. The number of hydrogen-bond acceptors (Lipinski definition) is 1. The fourth-order valence-corrected chi connectivity index (χ4v) is 1.27. The lowest BCUT2D eigenvalue weighted by Gasteiger charge is -2.15. The van der Waals surface area contributed by atoms with Crippen LogP contribution >= 0.6 is 0 Å². The molecule has 2 nitrogen and oxygen atoms in total. The highest BCUT2D eigenvalue weighted by Crippen LogP contribution is 2.16. The van der Waals surface area contributed by atoms with Crippen molar-refractivity contribution in [2.75, 3.05) is 7.05 Å². The van der Waals surface area contributed by atoms with Gasteiger partial charge in [-0.15, -0.1) is 0 Å². The zero-order chi connectivity index (χ0) is 7.56. The van der Waals surface area contributed by atoms with Crippen LogP contribution in [0.2, 0.25) is 0 Å². The van der Waals surface area contributed by atoms with Crippen molar-refractivity contribution in [2.24, 2.45) is 0 Å². The van der Waals surface area contributed by atoms with Crippen molar-refractivity contribution >= 4 is 5.91 Å². The Hall–Kier alpha value is -0.790. The summed E-state index contributed by atoms with van der Waals surface area (Å²) in [5.41, 5.74) is 0. The Kier molecular flexibility index (Phi) is 2.10. The molecule has 1 aliphatic heterocycles. The molecule has 10 heavy (non-hydrogen) atoms. The summed E-state index contributed by atoms with van der Waals surface area (Å²) in [6, 6.07) is 0.359. The van der Waals surface area contributed by atoms with Gasteiger partial charge in [0.25, 0.3) is 0 Å². The van der Waals surface area contributed by atoms with Gasteiger partial charge in [-0.05, 0) is 13.3 Å². The fourth-order valence-electron chi connectivity index (χ4n) is 1.27. The number of likely N-dealkylation sites (N-methyl/N-ethyl adjacent to an activating group) is 1. The molecule has 0 aromatic rings. The zero-order valence-electron chi connectivity index (χ0n) is 6.50. The molecule has 0 saturated carbocycles. The molecule has 1 saturated heterocycles. The van der Waals surface area contributed by atoms with Crippen LogP contribution in [-0.4, -0.2) is 23.9 Å². The van der Waals surface area contributed by atoms with Gasteiger partial charge in [0.2, 0.25) is 5.91 Å². The minimum atomic E-state index is 0.267. The van der Waals surface area contributed by atoms with Crippen molar-refractivity contribution in [3.63, 3.8) is 0 Å². The van der Waals surface area contributed by atoms with Crippen LogP contribution in [0, 0.1) is 0 Å². The van der Waals surface area contributed by atoms with Gasteiger partial charge in [0.1, 0.15) is 0 Å². The normalized spacial score (nSPS) is 26.8. The van der Waals surface area contributed by atoms with E-state index >= 15 is 0 Å². The third kappa shape index (κ3) is 1.20. The lowest BCUT2D eigenvalue weighted by molar-refractivity contribution is -0.127. The van der Waals surface area contributed by atoms with E-state index in [9.17, 15) is 4.79 Å². The lowest BCUT2D eigenvalue weighted by Crippen LogP contribution is -2.26. The molecule has 0 radical (unpaired) electrons. The summed E-state index contributed by atoms with van der Waals surface area (Å²) in [6.45, 7) is 1.98. The Labute approximate surface area is 61.5 Å². The average molecular weight is 139 g/mol. The summed E-state index contributed by atoms with van der Waals surface area (Å²) in [7, 11) is 1.86. The first-order valence-electron chi connectivity index (χ1n) is 3.64. The Bertz CT molecular complexity index is 163. The maximum Gasteiger partial charge on any atom is 0.222 e.